The first-order chi connectivity index (χ1) is 15.9. The second-order valence-electron chi connectivity index (χ2n) is 6.98. The summed E-state index contributed by atoms with van der Waals surface area (Å²) in [7, 11) is 1.76. The molecule has 33 heavy (non-hydrogen) atoms. The van der Waals surface area contributed by atoms with E-state index in [1.165, 1.54) is 12.5 Å². The van der Waals surface area contributed by atoms with Gasteiger partial charge in [-0.2, -0.15) is 5.10 Å². The van der Waals surface area contributed by atoms with Gasteiger partial charge in [0.15, 0.2) is 12.3 Å². The number of thiophene rings is 1. The molecular formula is C22H20N4O6S. The zero-order valence-electron chi connectivity index (χ0n) is 18.1. The molecule has 0 saturated heterocycles. The number of ether oxygens (including phenoxy) is 2. The number of rotatable bonds is 7. The molecule has 4 aromatic rings. The molecule has 11 heteroatoms. The highest BCUT2D eigenvalue weighted by molar-refractivity contribution is 7.15. The average Bonchev–Trinajstić information content (AvgIpc) is 3.52. The van der Waals surface area contributed by atoms with E-state index in [1.807, 2.05) is 6.92 Å². The summed E-state index contributed by atoms with van der Waals surface area (Å²) in [6, 6.07) is 5.02. The quantitative estimate of drug-likeness (QED) is 0.408. The van der Waals surface area contributed by atoms with Gasteiger partial charge in [0.05, 0.1) is 24.1 Å². The number of fused-ring (bicyclic) bond motifs is 1. The Morgan fingerprint density at radius 1 is 1.24 bits per heavy atom. The van der Waals surface area contributed by atoms with Crippen molar-refractivity contribution >= 4 is 45.2 Å². The maximum Gasteiger partial charge on any atom is 0.341 e. The van der Waals surface area contributed by atoms with Crippen LogP contribution in [0.25, 0.3) is 22.4 Å². The van der Waals surface area contributed by atoms with Crippen LogP contribution in [0.1, 0.15) is 33.3 Å². The van der Waals surface area contributed by atoms with Gasteiger partial charge in [0, 0.05) is 29.6 Å². The zero-order chi connectivity index (χ0) is 23.5. The molecule has 0 unspecified atom stereocenters. The van der Waals surface area contributed by atoms with Crippen molar-refractivity contribution in [2.45, 2.75) is 13.8 Å². The molecule has 0 atom stereocenters. The Balaban J connectivity index is 1.46. The van der Waals surface area contributed by atoms with E-state index in [1.54, 1.807) is 42.2 Å². The Morgan fingerprint density at radius 3 is 2.79 bits per heavy atom. The van der Waals surface area contributed by atoms with Crippen molar-refractivity contribution in [3.8, 4) is 11.3 Å². The summed E-state index contributed by atoms with van der Waals surface area (Å²) in [6.45, 7) is 3.13. The third kappa shape index (κ3) is 4.48. The van der Waals surface area contributed by atoms with Gasteiger partial charge in [-0.25, -0.2) is 14.6 Å². The SMILES string of the molecule is CCOC(=O)c1c(-c2ccco2)csc1NC(=O)COC(=O)c1cnc2c(c1)c(C)nn2C. The van der Waals surface area contributed by atoms with Crippen LogP contribution in [0, 0.1) is 6.92 Å². The van der Waals surface area contributed by atoms with Crippen LogP contribution < -0.4 is 5.32 Å². The molecule has 0 bridgehead atoms. The summed E-state index contributed by atoms with van der Waals surface area (Å²) < 4.78 is 17.3. The zero-order valence-corrected chi connectivity index (χ0v) is 18.9. The Kier molecular flexibility index (Phi) is 6.22. The number of aromatic nitrogens is 3. The van der Waals surface area contributed by atoms with Crippen LogP contribution in [0.3, 0.4) is 0 Å². The van der Waals surface area contributed by atoms with Crippen molar-refractivity contribution in [3.05, 3.63) is 52.9 Å². The van der Waals surface area contributed by atoms with Crippen LogP contribution in [-0.2, 0) is 21.3 Å². The fraction of sp³-hybridized carbons (Fsp3) is 0.227. The topological polar surface area (TPSA) is 126 Å². The molecule has 1 amide bonds. The second-order valence-corrected chi connectivity index (χ2v) is 7.86. The number of hydrogen-bond donors (Lipinski definition) is 1. The molecule has 1 N–H and O–H groups in total. The normalized spacial score (nSPS) is 10.9. The van der Waals surface area contributed by atoms with E-state index in [2.05, 4.69) is 15.4 Å². The molecule has 0 aliphatic rings. The van der Waals surface area contributed by atoms with Crippen molar-refractivity contribution in [2.75, 3.05) is 18.5 Å². The van der Waals surface area contributed by atoms with E-state index in [0.29, 0.717) is 17.0 Å². The van der Waals surface area contributed by atoms with Gasteiger partial charge in [-0.05, 0) is 32.0 Å². The fourth-order valence-corrected chi connectivity index (χ4v) is 4.22. The van der Waals surface area contributed by atoms with E-state index < -0.39 is 24.5 Å². The number of carbonyl (C=O) groups excluding carboxylic acids is 3. The van der Waals surface area contributed by atoms with Crippen molar-refractivity contribution < 1.29 is 28.3 Å². The van der Waals surface area contributed by atoms with E-state index in [4.69, 9.17) is 13.9 Å². The molecule has 0 radical (unpaired) electrons. The van der Waals surface area contributed by atoms with Gasteiger partial charge in [0.25, 0.3) is 5.91 Å². The lowest BCUT2D eigenvalue weighted by Gasteiger charge is -2.08. The minimum atomic E-state index is -0.698. The first-order valence-electron chi connectivity index (χ1n) is 9.97. The molecule has 170 valence electrons. The first-order valence-corrected chi connectivity index (χ1v) is 10.9. The number of nitrogens with zero attached hydrogens (tertiary/aromatic N) is 3. The van der Waals surface area contributed by atoms with Crippen LogP contribution in [0.2, 0.25) is 0 Å². The van der Waals surface area contributed by atoms with Crippen molar-refractivity contribution in [3.63, 3.8) is 0 Å². The number of amides is 1. The van der Waals surface area contributed by atoms with E-state index in [9.17, 15) is 14.4 Å². The molecule has 4 rings (SSSR count). The highest BCUT2D eigenvalue weighted by Crippen LogP contribution is 2.36. The van der Waals surface area contributed by atoms with Crippen molar-refractivity contribution in [1.29, 1.82) is 0 Å². The van der Waals surface area contributed by atoms with Gasteiger partial charge in [-0.1, -0.05) is 0 Å². The predicted octanol–water partition coefficient (Wildman–Crippen LogP) is 3.57. The van der Waals surface area contributed by atoms with E-state index >= 15 is 0 Å². The van der Waals surface area contributed by atoms with Crippen LogP contribution >= 0.6 is 11.3 Å². The smallest absolute Gasteiger partial charge is 0.341 e. The lowest BCUT2D eigenvalue weighted by Crippen LogP contribution is -2.21. The number of pyridine rings is 1. The van der Waals surface area contributed by atoms with Crippen LogP contribution in [0.15, 0.2) is 40.5 Å². The molecule has 0 spiro atoms. The number of esters is 2. The number of hydrogen-bond acceptors (Lipinski definition) is 9. The minimum absolute atomic E-state index is 0.173. The molecule has 4 aromatic heterocycles. The number of nitrogens with one attached hydrogen (secondary N) is 1. The van der Waals surface area contributed by atoms with Gasteiger partial charge in [-0.3, -0.25) is 9.48 Å². The monoisotopic (exact) mass is 468 g/mol. The van der Waals surface area contributed by atoms with E-state index in [0.717, 1.165) is 22.4 Å². The highest BCUT2D eigenvalue weighted by atomic mass is 32.1. The standard InChI is InChI=1S/C22H20N4O6S/c1-4-30-22(29)18-15(16-6-5-7-31-16)11-33-20(18)24-17(27)10-32-21(28)13-8-14-12(2)25-26(3)19(14)23-9-13/h5-9,11H,4,10H2,1-3H3,(H,24,27). The Morgan fingerprint density at radius 2 is 2.06 bits per heavy atom. The minimum Gasteiger partial charge on any atom is -0.464 e. The molecule has 4 heterocycles. The Labute approximate surface area is 192 Å². The molecule has 0 fully saturated rings. The molecule has 0 aliphatic heterocycles. The maximum atomic E-state index is 12.5. The molecular weight excluding hydrogens is 448 g/mol. The van der Waals surface area contributed by atoms with Crippen LogP contribution in [-0.4, -0.2) is 45.8 Å². The maximum absolute atomic E-state index is 12.5. The lowest BCUT2D eigenvalue weighted by molar-refractivity contribution is -0.119. The van der Waals surface area contributed by atoms with Crippen LogP contribution in [0.5, 0.6) is 0 Å². The van der Waals surface area contributed by atoms with E-state index in [-0.39, 0.29) is 22.7 Å². The molecule has 0 aromatic carbocycles. The van der Waals surface area contributed by atoms with Gasteiger partial charge < -0.3 is 19.2 Å². The van der Waals surface area contributed by atoms with Gasteiger partial charge in [-0.15, -0.1) is 11.3 Å². The Bertz CT molecular complexity index is 1340. The molecule has 10 nitrogen and oxygen atoms in total. The second kappa shape index (κ2) is 9.25. The van der Waals surface area contributed by atoms with Crippen molar-refractivity contribution in [1.82, 2.24) is 14.8 Å². The third-order valence-electron chi connectivity index (χ3n) is 4.74. The molecule has 0 aliphatic carbocycles. The highest BCUT2D eigenvalue weighted by Gasteiger charge is 2.24. The van der Waals surface area contributed by atoms with Gasteiger partial charge >= 0.3 is 11.9 Å². The summed E-state index contributed by atoms with van der Waals surface area (Å²) in [6.07, 6.45) is 2.86. The number of aryl methyl sites for hydroxylation is 2. The van der Waals surface area contributed by atoms with Gasteiger partial charge in [0.1, 0.15) is 16.3 Å². The largest absolute Gasteiger partial charge is 0.464 e. The number of furan rings is 1. The summed E-state index contributed by atoms with van der Waals surface area (Å²) in [4.78, 5) is 41.6. The average molecular weight is 468 g/mol. The summed E-state index contributed by atoms with van der Waals surface area (Å²) in [5.41, 5.74) is 2.25. The van der Waals surface area contributed by atoms with Crippen molar-refractivity contribution in [2.24, 2.45) is 7.05 Å². The van der Waals surface area contributed by atoms with Crippen LogP contribution in [0.4, 0.5) is 5.00 Å². The third-order valence-corrected chi connectivity index (χ3v) is 5.64. The van der Waals surface area contributed by atoms with Gasteiger partial charge in [0.2, 0.25) is 0 Å². The summed E-state index contributed by atoms with van der Waals surface area (Å²) >= 11 is 1.14. The Hall–Kier alpha value is -3.99. The number of carbonyl (C=O) groups is 3. The number of anilines is 1. The molecule has 0 saturated carbocycles. The summed E-state index contributed by atoms with van der Waals surface area (Å²) in [5, 5.41) is 9.55. The fourth-order valence-electron chi connectivity index (χ4n) is 3.27. The first kappa shape index (κ1) is 22.2. The lowest BCUT2D eigenvalue weighted by atomic mass is 10.1. The summed E-state index contributed by atoms with van der Waals surface area (Å²) in [5.74, 6) is -1.43. The predicted molar refractivity (Wildman–Crippen MR) is 120 cm³/mol.